The van der Waals surface area contributed by atoms with E-state index in [9.17, 15) is 27.6 Å². The molecule has 3 aliphatic heterocycles. The Labute approximate surface area is 249 Å². The van der Waals surface area contributed by atoms with Crippen LogP contribution in [0.5, 0.6) is 0 Å². The number of carbonyl (C=O) groups excluding carboxylic acids is 3. The number of piperidine rings is 2. The number of benzene rings is 1. The summed E-state index contributed by atoms with van der Waals surface area (Å²) in [5.74, 6) is -0.0784. The van der Waals surface area contributed by atoms with Crippen molar-refractivity contribution in [2.24, 2.45) is 0 Å². The Hall–Kier alpha value is -3.57. The molecule has 1 unspecified atom stereocenters. The molecule has 0 spiro atoms. The summed E-state index contributed by atoms with van der Waals surface area (Å²) in [4.78, 5) is 43.9. The van der Waals surface area contributed by atoms with Gasteiger partial charge in [0.25, 0.3) is 5.91 Å². The predicted molar refractivity (Wildman–Crippen MR) is 152 cm³/mol. The lowest BCUT2D eigenvalue weighted by Crippen LogP contribution is -2.52. The van der Waals surface area contributed by atoms with Crippen molar-refractivity contribution in [1.82, 2.24) is 29.8 Å². The van der Waals surface area contributed by atoms with Gasteiger partial charge in [-0.3, -0.25) is 14.3 Å². The minimum absolute atomic E-state index is 0.0256. The second-order valence-electron chi connectivity index (χ2n) is 12.4. The molecule has 12 heteroatoms. The van der Waals surface area contributed by atoms with Crippen LogP contribution in [0.15, 0.2) is 30.5 Å². The fourth-order valence-corrected chi connectivity index (χ4v) is 7.13. The third-order valence-corrected chi connectivity index (χ3v) is 9.42. The molecule has 0 bridgehead atoms. The molecule has 232 valence electrons. The van der Waals surface area contributed by atoms with Gasteiger partial charge < -0.3 is 20.0 Å². The molecule has 0 radical (unpaired) electrons. The van der Waals surface area contributed by atoms with Crippen LogP contribution >= 0.6 is 0 Å². The maximum Gasteiger partial charge on any atom is 0.416 e. The van der Waals surface area contributed by atoms with E-state index in [1.165, 1.54) is 19.1 Å². The SMILES string of the molecule is CC(=O)NC1CCN(C(=O)N2CCC(n3ncc(C(=O)N4CCCC4c4ccccc4C(F)(F)F)c3C3CC3)CC2)CC1. The van der Waals surface area contributed by atoms with Crippen molar-refractivity contribution in [1.29, 1.82) is 0 Å². The number of halogens is 3. The van der Waals surface area contributed by atoms with Gasteiger partial charge in [0.15, 0.2) is 0 Å². The Morgan fingerprint density at radius 3 is 2.16 bits per heavy atom. The van der Waals surface area contributed by atoms with Gasteiger partial charge in [-0.1, -0.05) is 18.2 Å². The highest BCUT2D eigenvalue weighted by Gasteiger charge is 2.42. The van der Waals surface area contributed by atoms with Crippen LogP contribution in [0.1, 0.15) is 103 Å². The number of rotatable bonds is 5. The van der Waals surface area contributed by atoms with Crippen LogP contribution in [0, 0.1) is 0 Å². The molecule has 1 aromatic heterocycles. The van der Waals surface area contributed by atoms with Crippen LogP contribution in [-0.4, -0.2) is 81.1 Å². The first-order valence-electron chi connectivity index (χ1n) is 15.5. The third kappa shape index (κ3) is 6.10. The molecule has 1 atom stereocenters. The predicted octanol–water partition coefficient (Wildman–Crippen LogP) is 5.11. The fraction of sp³-hybridized carbons (Fsp3) is 0.613. The van der Waals surface area contributed by atoms with E-state index in [4.69, 9.17) is 0 Å². The standard InChI is InChI=1S/C31H39F3N6O3/c1-20(41)36-22-10-15-37(16-11-22)30(43)38-17-12-23(13-18-38)40-28(21-8-9-21)25(19-35-40)29(42)39-14-4-7-27(39)24-5-2-3-6-26(24)31(32,33)34/h2-3,5-6,19,21-23,27H,4,7-18H2,1H3,(H,36,41). The maximum atomic E-state index is 13.9. The van der Waals surface area contributed by atoms with Crippen molar-refractivity contribution in [3.8, 4) is 0 Å². The lowest BCUT2D eigenvalue weighted by Gasteiger charge is -2.39. The first kappa shape index (κ1) is 29.5. The average Bonchev–Trinajstić information content (AvgIpc) is 3.54. The number of likely N-dealkylation sites (tertiary alicyclic amines) is 3. The molecule has 3 saturated heterocycles. The van der Waals surface area contributed by atoms with Crippen LogP contribution < -0.4 is 5.32 Å². The molecular weight excluding hydrogens is 561 g/mol. The van der Waals surface area contributed by atoms with E-state index >= 15 is 0 Å². The average molecular weight is 601 g/mol. The number of nitrogens with one attached hydrogen (secondary N) is 1. The van der Waals surface area contributed by atoms with E-state index < -0.39 is 17.8 Å². The summed E-state index contributed by atoms with van der Waals surface area (Å²) in [5, 5.41) is 7.62. The van der Waals surface area contributed by atoms with Gasteiger partial charge in [-0.25, -0.2) is 4.79 Å². The molecule has 1 N–H and O–H groups in total. The molecule has 4 amide bonds. The van der Waals surface area contributed by atoms with Crippen molar-refractivity contribution < 1.29 is 27.6 Å². The quantitative estimate of drug-likeness (QED) is 0.516. The normalized spacial score (nSPS) is 22.2. The Morgan fingerprint density at radius 2 is 1.53 bits per heavy atom. The first-order chi connectivity index (χ1) is 20.6. The van der Waals surface area contributed by atoms with E-state index in [0.717, 1.165) is 37.4 Å². The fourth-order valence-electron chi connectivity index (χ4n) is 7.13. The molecule has 43 heavy (non-hydrogen) atoms. The minimum Gasteiger partial charge on any atom is -0.353 e. The molecule has 4 aliphatic rings. The van der Waals surface area contributed by atoms with E-state index in [0.29, 0.717) is 64.0 Å². The topological polar surface area (TPSA) is 90.8 Å². The smallest absolute Gasteiger partial charge is 0.353 e. The van der Waals surface area contributed by atoms with Crippen molar-refractivity contribution in [2.75, 3.05) is 32.7 Å². The summed E-state index contributed by atoms with van der Waals surface area (Å²) >= 11 is 0. The van der Waals surface area contributed by atoms with E-state index in [2.05, 4.69) is 10.4 Å². The second-order valence-corrected chi connectivity index (χ2v) is 12.4. The number of hydrogen-bond donors (Lipinski definition) is 1. The lowest BCUT2D eigenvalue weighted by atomic mass is 9.97. The van der Waals surface area contributed by atoms with Gasteiger partial charge in [0, 0.05) is 51.6 Å². The molecular formula is C31H39F3N6O3. The summed E-state index contributed by atoms with van der Waals surface area (Å²) in [6, 6.07) is 5.13. The van der Waals surface area contributed by atoms with Crippen molar-refractivity contribution in [3.05, 3.63) is 52.8 Å². The number of alkyl halides is 3. The molecule has 1 aliphatic carbocycles. The molecule has 1 saturated carbocycles. The van der Waals surface area contributed by atoms with Gasteiger partial charge in [0.1, 0.15) is 0 Å². The molecule has 4 fully saturated rings. The summed E-state index contributed by atoms with van der Waals surface area (Å²) in [5.41, 5.74) is 0.859. The van der Waals surface area contributed by atoms with E-state index in [1.807, 2.05) is 14.5 Å². The lowest BCUT2D eigenvalue weighted by molar-refractivity contribution is -0.138. The number of carbonyl (C=O) groups is 3. The third-order valence-electron chi connectivity index (χ3n) is 9.42. The highest BCUT2D eigenvalue weighted by molar-refractivity contribution is 5.96. The largest absolute Gasteiger partial charge is 0.416 e. The minimum atomic E-state index is -4.49. The van der Waals surface area contributed by atoms with Gasteiger partial charge in [-0.2, -0.15) is 18.3 Å². The molecule has 1 aromatic carbocycles. The van der Waals surface area contributed by atoms with Crippen LogP contribution in [-0.2, 0) is 11.0 Å². The molecule has 2 aromatic rings. The monoisotopic (exact) mass is 600 g/mol. The van der Waals surface area contributed by atoms with Crippen LogP contribution in [0.4, 0.5) is 18.0 Å². The number of hydrogen-bond acceptors (Lipinski definition) is 4. The number of urea groups is 1. The molecule has 6 rings (SSSR count). The zero-order chi connectivity index (χ0) is 30.3. The van der Waals surface area contributed by atoms with Gasteiger partial charge >= 0.3 is 12.2 Å². The first-order valence-corrected chi connectivity index (χ1v) is 15.5. The van der Waals surface area contributed by atoms with Crippen molar-refractivity contribution >= 4 is 17.8 Å². The Kier molecular flexibility index (Phi) is 8.12. The molecule has 9 nitrogen and oxygen atoms in total. The van der Waals surface area contributed by atoms with Crippen molar-refractivity contribution in [3.63, 3.8) is 0 Å². The van der Waals surface area contributed by atoms with Crippen molar-refractivity contribution in [2.45, 2.75) is 88.5 Å². The maximum absolute atomic E-state index is 13.9. The molecule has 4 heterocycles. The van der Waals surface area contributed by atoms with E-state index in [-0.39, 0.29) is 41.4 Å². The van der Waals surface area contributed by atoms with Crippen LogP contribution in [0.2, 0.25) is 0 Å². The summed E-state index contributed by atoms with van der Waals surface area (Å²) in [7, 11) is 0. The Morgan fingerprint density at radius 1 is 0.884 bits per heavy atom. The number of amides is 4. The van der Waals surface area contributed by atoms with Gasteiger partial charge in [-0.15, -0.1) is 0 Å². The second kappa shape index (κ2) is 11.8. The Bertz CT molecular complexity index is 1360. The summed E-state index contributed by atoms with van der Waals surface area (Å²) < 4.78 is 43.4. The van der Waals surface area contributed by atoms with Gasteiger partial charge in [0.2, 0.25) is 5.91 Å². The highest BCUT2D eigenvalue weighted by atomic mass is 19.4. The number of nitrogens with zero attached hydrogens (tertiary/aromatic N) is 5. The van der Waals surface area contributed by atoms with Crippen LogP contribution in [0.25, 0.3) is 0 Å². The van der Waals surface area contributed by atoms with Gasteiger partial charge in [0.05, 0.1) is 35.1 Å². The van der Waals surface area contributed by atoms with E-state index in [1.54, 1.807) is 17.2 Å². The Balaban J connectivity index is 1.13. The van der Waals surface area contributed by atoms with Crippen LogP contribution in [0.3, 0.4) is 0 Å². The summed E-state index contributed by atoms with van der Waals surface area (Å²) in [6.07, 6.45) is 3.09. The highest BCUT2D eigenvalue weighted by Crippen LogP contribution is 2.45. The number of aromatic nitrogens is 2. The zero-order valence-corrected chi connectivity index (χ0v) is 24.5. The zero-order valence-electron chi connectivity index (χ0n) is 24.5. The summed E-state index contributed by atoms with van der Waals surface area (Å²) in [6.45, 7) is 4.33. The van der Waals surface area contributed by atoms with Gasteiger partial charge in [-0.05, 0) is 63.0 Å².